The number of hydrogen-bond acceptors (Lipinski definition) is 4. The number of allylic oxidation sites excluding steroid dienone is 3. The zero-order chi connectivity index (χ0) is 13.5. The Labute approximate surface area is 111 Å². The molecule has 1 aromatic heterocycles. The third-order valence-electron chi connectivity index (χ3n) is 2.84. The molecule has 98 valence electrons. The van der Waals surface area contributed by atoms with E-state index in [1.165, 1.54) is 6.20 Å². The van der Waals surface area contributed by atoms with Crippen LogP contribution in [0.25, 0.3) is 0 Å². The lowest BCUT2D eigenvalue weighted by Crippen LogP contribution is -2.15. The summed E-state index contributed by atoms with van der Waals surface area (Å²) >= 11 is 0. The molecule has 0 aromatic carbocycles. The van der Waals surface area contributed by atoms with Crippen LogP contribution < -0.4 is 5.36 Å². The number of hydrogen-bond donors (Lipinski definition) is 1. The largest absolute Gasteiger partial charge is 0.354 e. The van der Waals surface area contributed by atoms with Gasteiger partial charge in [0.25, 0.3) is 0 Å². The number of aryl methyl sites for hydroxylation is 1. The zero-order valence-electron chi connectivity index (χ0n) is 10.6. The van der Waals surface area contributed by atoms with Crippen LogP contribution in [-0.2, 0) is 6.54 Å². The molecule has 0 amide bonds. The first-order chi connectivity index (χ1) is 9.28. The molecule has 1 aromatic rings. The Morgan fingerprint density at radius 3 is 2.47 bits per heavy atom. The molecule has 0 spiro atoms. The predicted molar refractivity (Wildman–Crippen MR) is 73.8 cm³/mol. The van der Waals surface area contributed by atoms with Crippen LogP contribution in [0.2, 0.25) is 0 Å². The van der Waals surface area contributed by atoms with Crippen molar-refractivity contribution in [2.24, 2.45) is 5.18 Å². The molecule has 1 aliphatic heterocycles. The average molecular weight is 256 g/mol. The Morgan fingerprint density at radius 2 is 1.84 bits per heavy atom. The van der Waals surface area contributed by atoms with Gasteiger partial charge in [0.05, 0.1) is 11.6 Å². The molecular weight excluding hydrogens is 240 g/mol. The maximum Gasteiger partial charge on any atom is 0.0788 e. The van der Waals surface area contributed by atoms with Gasteiger partial charge in [-0.25, -0.2) is 0 Å². The van der Waals surface area contributed by atoms with E-state index in [9.17, 15) is 4.91 Å². The van der Waals surface area contributed by atoms with Crippen LogP contribution in [-0.4, -0.2) is 16.0 Å². The van der Waals surface area contributed by atoms with E-state index in [-0.39, 0.29) is 0 Å². The average Bonchev–Trinajstić information content (AvgIpc) is 2.43. The Kier molecular flexibility index (Phi) is 4.44. The molecule has 0 fully saturated rings. The minimum Gasteiger partial charge on any atom is -0.354 e. The molecule has 5 nitrogen and oxygen atoms in total. The van der Waals surface area contributed by atoms with Crippen LogP contribution in [0.5, 0.6) is 0 Å². The number of nitroso groups, excluding NO2 is 1. The summed E-state index contributed by atoms with van der Waals surface area (Å²) in [6.45, 7) is 1.82. The fraction of sp³-hybridized carbons (Fsp3) is 0.214. The van der Waals surface area contributed by atoms with Gasteiger partial charge in [0.1, 0.15) is 0 Å². The van der Waals surface area contributed by atoms with Gasteiger partial charge in [-0.3, -0.25) is 0 Å². The molecule has 1 aliphatic rings. The highest BCUT2D eigenvalue weighted by Crippen LogP contribution is 2.09. The highest BCUT2D eigenvalue weighted by atomic mass is 16.2. The molecule has 19 heavy (non-hydrogen) atoms. The number of rotatable bonds is 5. The lowest BCUT2D eigenvalue weighted by molar-refractivity contribution is 0.459. The van der Waals surface area contributed by atoms with Crippen LogP contribution in [0.1, 0.15) is 6.42 Å². The van der Waals surface area contributed by atoms with Crippen molar-refractivity contribution >= 4 is 0 Å². The summed E-state index contributed by atoms with van der Waals surface area (Å²) in [6.07, 6.45) is 13.7. The molecule has 0 radical (unpaired) electrons. The first kappa shape index (κ1) is 13.0. The minimum atomic E-state index is 0.529. The molecule has 0 bridgehead atoms. The molecule has 0 saturated carbocycles. The minimum absolute atomic E-state index is 0.529. The molecule has 2 rings (SSSR count). The molecule has 0 unspecified atom stereocenters. The summed E-state index contributed by atoms with van der Waals surface area (Å²) in [5.74, 6) is 0. The Hall–Kier alpha value is -2.43. The van der Waals surface area contributed by atoms with Crippen molar-refractivity contribution in [3.05, 3.63) is 71.1 Å². The SMILES string of the molecule is N=c1ccn(CCCN2C=CC(=CN=O)C=C2)cc1. The smallest absolute Gasteiger partial charge is 0.0788 e. The summed E-state index contributed by atoms with van der Waals surface area (Å²) in [5, 5.41) is 10.7. The van der Waals surface area contributed by atoms with Gasteiger partial charge in [0.2, 0.25) is 0 Å². The van der Waals surface area contributed by atoms with E-state index in [0.717, 1.165) is 25.1 Å². The third kappa shape index (κ3) is 4.06. The maximum atomic E-state index is 10.1. The number of aromatic nitrogens is 1. The van der Waals surface area contributed by atoms with Crippen LogP contribution in [0.3, 0.4) is 0 Å². The molecule has 0 saturated heterocycles. The van der Waals surface area contributed by atoms with Gasteiger partial charge in [0.15, 0.2) is 0 Å². The van der Waals surface area contributed by atoms with Gasteiger partial charge >= 0.3 is 0 Å². The Balaban J connectivity index is 1.78. The van der Waals surface area contributed by atoms with E-state index in [0.29, 0.717) is 5.36 Å². The van der Waals surface area contributed by atoms with Gasteiger partial charge in [-0.1, -0.05) is 0 Å². The zero-order valence-corrected chi connectivity index (χ0v) is 10.6. The summed E-state index contributed by atoms with van der Waals surface area (Å²) in [5.41, 5.74) is 0.812. The van der Waals surface area contributed by atoms with Crippen LogP contribution in [0, 0.1) is 10.3 Å². The van der Waals surface area contributed by atoms with Crippen molar-refractivity contribution in [1.29, 1.82) is 5.41 Å². The molecule has 2 heterocycles. The van der Waals surface area contributed by atoms with Gasteiger partial charge in [-0.2, -0.15) is 0 Å². The third-order valence-corrected chi connectivity index (χ3v) is 2.84. The van der Waals surface area contributed by atoms with E-state index in [1.54, 1.807) is 12.1 Å². The first-order valence-corrected chi connectivity index (χ1v) is 6.13. The number of nitrogens with one attached hydrogen (secondary N) is 1. The molecule has 0 atom stereocenters. The lowest BCUT2D eigenvalue weighted by atomic mass is 10.2. The second-order valence-electron chi connectivity index (χ2n) is 4.28. The Bertz CT molecular complexity index is 547. The van der Waals surface area contributed by atoms with Gasteiger partial charge in [-0.15, -0.1) is 4.91 Å². The second kappa shape index (κ2) is 6.49. The van der Waals surface area contributed by atoms with Crippen molar-refractivity contribution in [2.45, 2.75) is 13.0 Å². The lowest BCUT2D eigenvalue weighted by Gasteiger charge is -2.18. The Morgan fingerprint density at radius 1 is 1.16 bits per heavy atom. The quantitative estimate of drug-likeness (QED) is 0.822. The summed E-state index contributed by atoms with van der Waals surface area (Å²) < 4.78 is 2.07. The summed E-state index contributed by atoms with van der Waals surface area (Å²) in [4.78, 5) is 12.2. The predicted octanol–water partition coefficient (Wildman–Crippen LogP) is 2.35. The molecule has 1 N–H and O–H groups in total. The van der Waals surface area contributed by atoms with E-state index >= 15 is 0 Å². The van der Waals surface area contributed by atoms with Crippen molar-refractivity contribution in [1.82, 2.24) is 9.47 Å². The van der Waals surface area contributed by atoms with E-state index in [1.807, 2.05) is 36.9 Å². The summed E-state index contributed by atoms with van der Waals surface area (Å²) in [7, 11) is 0. The van der Waals surface area contributed by atoms with Crippen LogP contribution in [0.15, 0.2) is 66.0 Å². The van der Waals surface area contributed by atoms with Crippen molar-refractivity contribution in [3.63, 3.8) is 0 Å². The van der Waals surface area contributed by atoms with Gasteiger partial charge < -0.3 is 14.9 Å². The van der Waals surface area contributed by atoms with Crippen molar-refractivity contribution in [2.75, 3.05) is 6.54 Å². The van der Waals surface area contributed by atoms with Crippen molar-refractivity contribution < 1.29 is 0 Å². The highest BCUT2D eigenvalue weighted by molar-refractivity contribution is 5.33. The molecular formula is C14H16N4O. The molecule has 5 heteroatoms. The van der Waals surface area contributed by atoms with E-state index in [2.05, 4.69) is 14.6 Å². The number of pyridine rings is 1. The monoisotopic (exact) mass is 256 g/mol. The number of nitrogens with zero attached hydrogens (tertiary/aromatic N) is 3. The second-order valence-corrected chi connectivity index (χ2v) is 4.28. The molecule has 0 aliphatic carbocycles. The summed E-state index contributed by atoms with van der Waals surface area (Å²) in [6, 6.07) is 3.56. The fourth-order valence-electron chi connectivity index (χ4n) is 1.81. The first-order valence-electron chi connectivity index (χ1n) is 6.13. The van der Waals surface area contributed by atoms with Crippen LogP contribution in [0.4, 0.5) is 0 Å². The normalized spacial score (nSPS) is 13.7. The standard InChI is InChI=1S/C14H16N4O/c15-14-4-10-18(11-5-14)7-1-6-17-8-2-13(3-9-17)12-16-19/h2-5,8-12,15H,1,6-7H2. The highest BCUT2D eigenvalue weighted by Gasteiger charge is 2.00. The van der Waals surface area contributed by atoms with Crippen LogP contribution >= 0.6 is 0 Å². The van der Waals surface area contributed by atoms with Gasteiger partial charge in [0, 0.05) is 37.9 Å². The van der Waals surface area contributed by atoms with E-state index < -0.39 is 0 Å². The fourth-order valence-corrected chi connectivity index (χ4v) is 1.81. The van der Waals surface area contributed by atoms with E-state index in [4.69, 9.17) is 5.41 Å². The maximum absolute atomic E-state index is 10.1. The topological polar surface area (TPSA) is 61.5 Å². The van der Waals surface area contributed by atoms with Gasteiger partial charge in [-0.05, 0) is 41.5 Å². The van der Waals surface area contributed by atoms with Crippen molar-refractivity contribution in [3.8, 4) is 0 Å².